The van der Waals surface area contributed by atoms with E-state index in [1.165, 1.54) is 12.1 Å². The number of aryl methyl sites for hydroxylation is 1. The van der Waals surface area contributed by atoms with Gasteiger partial charge in [-0.3, -0.25) is 4.79 Å². The number of urea groups is 1. The van der Waals surface area contributed by atoms with E-state index in [0.29, 0.717) is 38.3 Å². The molecule has 3 amide bonds. The Kier molecular flexibility index (Phi) is 8.55. The van der Waals surface area contributed by atoms with Crippen molar-refractivity contribution >= 4 is 40.8 Å². The van der Waals surface area contributed by atoms with E-state index < -0.39 is 11.8 Å². The zero-order chi connectivity index (χ0) is 29.1. The Hall–Kier alpha value is -3.96. The molecule has 41 heavy (non-hydrogen) atoms. The van der Waals surface area contributed by atoms with Crippen molar-refractivity contribution in [3.05, 3.63) is 81.5 Å². The highest BCUT2D eigenvalue weighted by Gasteiger charge is 2.32. The number of amides is 3. The van der Waals surface area contributed by atoms with Crippen molar-refractivity contribution < 1.29 is 18.5 Å². The number of aromatic nitrogens is 4. The van der Waals surface area contributed by atoms with Crippen LogP contribution in [0, 0.1) is 12.7 Å². The minimum atomic E-state index is -0.540. The van der Waals surface area contributed by atoms with Gasteiger partial charge in [-0.1, -0.05) is 57.8 Å². The molecule has 4 aromatic rings. The second-order valence-electron chi connectivity index (χ2n) is 9.92. The molecule has 0 aliphatic heterocycles. The molecule has 0 atom stereocenters. The van der Waals surface area contributed by atoms with Crippen LogP contribution in [0.2, 0.25) is 10.0 Å². The highest BCUT2D eigenvalue weighted by Crippen LogP contribution is 2.37. The number of hydrogen-bond donors (Lipinski definition) is 2. The Bertz CT molecular complexity index is 1570. The van der Waals surface area contributed by atoms with Crippen LogP contribution in [0.5, 0.6) is 0 Å². The molecule has 2 heterocycles. The third kappa shape index (κ3) is 6.20. The van der Waals surface area contributed by atoms with Crippen molar-refractivity contribution in [1.29, 1.82) is 0 Å². The maximum atomic E-state index is 13.7. The molecule has 13 heteroatoms. The van der Waals surface area contributed by atoms with Gasteiger partial charge < -0.3 is 20.1 Å². The lowest BCUT2D eigenvalue weighted by molar-refractivity contribution is 0.0674. The summed E-state index contributed by atoms with van der Waals surface area (Å²) in [6.07, 6.45) is 4.92. The van der Waals surface area contributed by atoms with Crippen LogP contribution in [-0.2, 0) is 6.54 Å². The molecule has 1 fully saturated rings. The Morgan fingerprint density at radius 1 is 1.12 bits per heavy atom. The number of para-hydroxylation sites is 1. The second-order valence-corrected chi connectivity index (χ2v) is 10.7. The van der Waals surface area contributed by atoms with Gasteiger partial charge in [0.05, 0.1) is 34.5 Å². The standard InChI is InChI=1S/C28H28Cl2FN7O3/c1-16-24(26(35-41-16)20-6-5-7-21(29)25(20)30)27(39)37(2)18-10-12-19(13-11-18)38-15-17(34-36-38)14-32-28(40)33-23-9-4-3-8-22(23)31/h3-9,15,18-19H,10-14H2,1-2H3,(H2,32,33,40). The zero-order valence-corrected chi connectivity index (χ0v) is 23.9. The molecule has 1 saturated carbocycles. The summed E-state index contributed by atoms with van der Waals surface area (Å²) in [5, 5.41) is 18.3. The van der Waals surface area contributed by atoms with Crippen LogP contribution in [0.3, 0.4) is 0 Å². The predicted octanol–water partition coefficient (Wildman–Crippen LogP) is 6.27. The number of benzene rings is 2. The summed E-state index contributed by atoms with van der Waals surface area (Å²) in [7, 11) is 1.79. The fraction of sp³-hybridized carbons (Fsp3) is 0.321. The molecule has 5 rings (SSSR count). The summed E-state index contributed by atoms with van der Waals surface area (Å²) in [5.74, 6) is -0.298. The quantitative estimate of drug-likeness (QED) is 0.258. The molecular formula is C28H28Cl2FN7O3. The van der Waals surface area contributed by atoms with E-state index in [0.717, 1.165) is 25.7 Å². The Labute approximate surface area is 245 Å². The molecule has 10 nitrogen and oxygen atoms in total. The van der Waals surface area contributed by atoms with Crippen molar-refractivity contribution in [2.24, 2.45) is 0 Å². The van der Waals surface area contributed by atoms with Crippen molar-refractivity contribution in [1.82, 2.24) is 30.4 Å². The molecule has 2 N–H and O–H groups in total. The van der Waals surface area contributed by atoms with Crippen LogP contribution in [0.4, 0.5) is 14.9 Å². The zero-order valence-electron chi connectivity index (χ0n) is 22.4. The fourth-order valence-electron chi connectivity index (χ4n) is 5.02. The van der Waals surface area contributed by atoms with Gasteiger partial charge in [0, 0.05) is 18.7 Å². The van der Waals surface area contributed by atoms with Crippen LogP contribution in [0.1, 0.15) is 53.5 Å². The minimum absolute atomic E-state index is 0.0162. The second kappa shape index (κ2) is 12.3. The molecule has 1 aliphatic carbocycles. The van der Waals surface area contributed by atoms with Crippen molar-refractivity contribution in [2.75, 3.05) is 12.4 Å². The average molecular weight is 600 g/mol. The molecule has 1 aliphatic rings. The van der Waals surface area contributed by atoms with Crippen molar-refractivity contribution in [3.63, 3.8) is 0 Å². The van der Waals surface area contributed by atoms with Crippen molar-refractivity contribution in [2.45, 2.75) is 51.2 Å². The predicted molar refractivity (Wildman–Crippen MR) is 152 cm³/mol. The van der Waals surface area contributed by atoms with Gasteiger partial charge in [0.1, 0.15) is 28.5 Å². The van der Waals surface area contributed by atoms with Gasteiger partial charge in [0.15, 0.2) is 0 Å². The molecule has 2 aromatic carbocycles. The molecule has 0 unspecified atom stereocenters. The van der Waals surface area contributed by atoms with Gasteiger partial charge in [-0.2, -0.15) is 0 Å². The summed E-state index contributed by atoms with van der Waals surface area (Å²) in [6.45, 7) is 1.84. The first-order valence-corrected chi connectivity index (χ1v) is 13.9. The number of carbonyl (C=O) groups is 2. The number of halogens is 3. The normalized spacial score (nSPS) is 16.8. The van der Waals surface area contributed by atoms with Gasteiger partial charge in [-0.15, -0.1) is 5.10 Å². The third-order valence-electron chi connectivity index (χ3n) is 7.30. The lowest BCUT2D eigenvalue weighted by Crippen LogP contribution is -2.40. The highest BCUT2D eigenvalue weighted by atomic mass is 35.5. The third-order valence-corrected chi connectivity index (χ3v) is 8.12. The van der Waals surface area contributed by atoms with E-state index in [1.54, 1.807) is 60.1 Å². The van der Waals surface area contributed by atoms with E-state index in [1.807, 2.05) is 0 Å². The van der Waals surface area contributed by atoms with Gasteiger partial charge >= 0.3 is 6.03 Å². The van der Waals surface area contributed by atoms with Crippen molar-refractivity contribution in [3.8, 4) is 11.3 Å². The first-order valence-electron chi connectivity index (χ1n) is 13.1. The Balaban J connectivity index is 1.17. The first-order chi connectivity index (χ1) is 19.7. The maximum Gasteiger partial charge on any atom is 0.319 e. The number of carbonyl (C=O) groups excluding carboxylic acids is 2. The van der Waals surface area contributed by atoms with Gasteiger partial charge in [-0.25, -0.2) is 13.9 Å². The van der Waals surface area contributed by atoms with Gasteiger partial charge in [-0.05, 0) is 50.8 Å². The summed E-state index contributed by atoms with van der Waals surface area (Å²) in [6, 6.07) is 10.7. The number of nitrogens with one attached hydrogen (secondary N) is 2. The minimum Gasteiger partial charge on any atom is -0.360 e. The van der Waals surface area contributed by atoms with E-state index in [-0.39, 0.29) is 30.2 Å². The Morgan fingerprint density at radius 2 is 1.88 bits per heavy atom. The number of hydrogen-bond acceptors (Lipinski definition) is 6. The summed E-state index contributed by atoms with van der Waals surface area (Å²) in [4.78, 5) is 27.5. The molecule has 0 spiro atoms. The number of nitrogens with zero attached hydrogens (tertiary/aromatic N) is 5. The SMILES string of the molecule is Cc1onc(-c2cccc(Cl)c2Cl)c1C(=O)N(C)C1CCC(n2cc(CNC(=O)Nc3ccccc3F)nn2)CC1. The average Bonchev–Trinajstić information content (AvgIpc) is 3.61. The highest BCUT2D eigenvalue weighted by molar-refractivity contribution is 6.43. The maximum absolute atomic E-state index is 13.7. The van der Waals surface area contributed by atoms with E-state index >= 15 is 0 Å². The van der Waals surface area contributed by atoms with Gasteiger partial charge in [0.2, 0.25) is 0 Å². The monoisotopic (exact) mass is 599 g/mol. The van der Waals surface area contributed by atoms with Crippen LogP contribution in [0.25, 0.3) is 11.3 Å². The topological polar surface area (TPSA) is 118 Å². The Morgan fingerprint density at radius 3 is 2.63 bits per heavy atom. The summed E-state index contributed by atoms with van der Waals surface area (Å²) >= 11 is 12.6. The molecule has 2 aromatic heterocycles. The fourth-order valence-corrected chi connectivity index (χ4v) is 5.41. The van der Waals surface area contributed by atoms with Crippen LogP contribution in [0.15, 0.2) is 53.2 Å². The van der Waals surface area contributed by atoms with Gasteiger partial charge in [0.25, 0.3) is 5.91 Å². The molecular weight excluding hydrogens is 572 g/mol. The largest absolute Gasteiger partial charge is 0.360 e. The van der Waals surface area contributed by atoms with E-state index in [9.17, 15) is 14.0 Å². The number of rotatable bonds is 7. The van der Waals surface area contributed by atoms with Crippen LogP contribution < -0.4 is 10.6 Å². The lowest BCUT2D eigenvalue weighted by atomic mass is 9.90. The lowest BCUT2D eigenvalue weighted by Gasteiger charge is -2.34. The number of anilines is 1. The summed E-state index contributed by atoms with van der Waals surface area (Å²) in [5.41, 5.74) is 1.95. The van der Waals surface area contributed by atoms with E-state index in [4.69, 9.17) is 27.7 Å². The smallest absolute Gasteiger partial charge is 0.319 e. The molecule has 0 saturated heterocycles. The molecule has 214 valence electrons. The van der Waals surface area contributed by atoms with Crippen LogP contribution >= 0.6 is 23.2 Å². The first kappa shape index (κ1) is 28.6. The molecule has 0 radical (unpaired) electrons. The summed E-state index contributed by atoms with van der Waals surface area (Å²) < 4.78 is 20.9. The van der Waals surface area contributed by atoms with Crippen LogP contribution in [-0.4, -0.2) is 50.1 Å². The van der Waals surface area contributed by atoms with E-state index in [2.05, 4.69) is 26.1 Å². The molecule has 0 bridgehead atoms.